The van der Waals surface area contributed by atoms with Crippen LogP contribution in [0.5, 0.6) is 0 Å². The predicted octanol–water partition coefficient (Wildman–Crippen LogP) is 3.77. The van der Waals surface area contributed by atoms with Crippen LogP contribution in [0.4, 0.5) is 0 Å². The molecule has 27 heavy (non-hydrogen) atoms. The summed E-state index contributed by atoms with van der Waals surface area (Å²) in [5.41, 5.74) is 4.40. The quantitative estimate of drug-likeness (QED) is 0.807. The normalized spacial score (nSPS) is 15.8. The number of aryl methyl sites for hydroxylation is 2. The molecule has 1 aromatic carbocycles. The zero-order valence-corrected chi connectivity index (χ0v) is 16.8. The molecule has 2 aromatic rings. The fourth-order valence-electron chi connectivity index (χ4n) is 3.63. The second kappa shape index (κ2) is 9.18. The van der Waals surface area contributed by atoms with Crippen molar-refractivity contribution >= 4 is 5.91 Å². The van der Waals surface area contributed by atoms with Gasteiger partial charge in [0.05, 0.1) is 5.69 Å². The number of benzene rings is 1. The highest BCUT2D eigenvalue weighted by molar-refractivity contribution is 5.76. The number of carbonyl (C=O) groups excluding carboxylic acids is 1. The number of hydrogen-bond acceptors (Lipinski definition) is 4. The van der Waals surface area contributed by atoms with Crippen LogP contribution in [-0.4, -0.2) is 29.1 Å². The minimum atomic E-state index is 0.0570. The molecular formula is C22H31N3O2. The van der Waals surface area contributed by atoms with Gasteiger partial charge >= 0.3 is 0 Å². The van der Waals surface area contributed by atoms with Crippen LogP contribution >= 0.6 is 0 Å². The maximum Gasteiger partial charge on any atom is 0.220 e. The minimum absolute atomic E-state index is 0.0570. The molecule has 146 valence electrons. The molecule has 1 fully saturated rings. The topological polar surface area (TPSA) is 58.4 Å². The van der Waals surface area contributed by atoms with E-state index in [2.05, 4.69) is 46.6 Å². The number of nitrogens with one attached hydrogen (secondary N) is 1. The highest BCUT2D eigenvalue weighted by atomic mass is 16.5. The Hall–Kier alpha value is -2.14. The lowest BCUT2D eigenvalue weighted by Crippen LogP contribution is -2.32. The van der Waals surface area contributed by atoms with Gasteiger partial charge < -0.3 is 9.84 Å². The van der Waals surface area contributed by atoms with E-state index >= 15 is 0 Å². The predicted molar refractivity (Wildman–Crippen MR) is 106 cm³/mol. The summed E-state index contributed by atoms with van der Waals surface area (Å²) in [7, 11) is 0. The summed E-state index contributed by atoms with van der Waals surface area (Å²) in [6, 6.07) is 8.61. The number of piperidine rings is 1. The van der Waals surface area contributed by atoms with E-state index in [0.29, 0.717) is 19.4 Å². The summed E-state index contributed by atoms with van der Waals surface area (Å²) >= 11 is 0. The number of aromatic nitrogens is 1. The molecule has 0 bridgehead atoms. The van der Waals surface area contributed by atoms with E-state index in [1.807, 2.05) is 13.8 Å². The van der Waals surface area contributed by atoms with Crippen LogP contribution in [0, 0.1) is 19.8 Å². The van der Waals surface area contributed by atoms with Crippen LogP contribution in [0.1, 0.15) is 54.3 Å². The largest absolute Gasteiger partial charge is 0.361 e. The van der Waals surface area contributed by atoms with E-state index in [4.69, 9.17) is 4.52 Å². The van der Waals surface area contributed by atoms with E-state index in [-0.39, 0.29) is 5.91 Å². The van der Waals surface area contributed by atoms with Crippen molar-refractivity contribution in [2.45, 2.75) is 59.5 Å². The molecule has 0 atom stereocenters. The molecule has 1 amide bonds. The summed E-state index contributed by atoms with van der Waals surface area (Å²) in [5.74, 6) is 1.73. The Bertz CT molecular complexity index is 724. The lowest BCUT2D eigenvalue weighted by Gasteiger charge is -2.30. The van der Waals surface area contributed by atoms with Crippen molar-refractivity contribution in [2.75, 3.05) is 13.1 Å². The maximum absolute atomic E-state index is 12.1. The van der Waals surface area contributed by atoms with Crippen LogP contribution < -0.4 is 5.32 Å². The van der Waals surface area contributed by atoms with Crippen LogP contribution in [0.25, 0.3) is 0 Å². The maximum atomic E-state index is 12.1. The Morgan fingerprint density at radius 2 is 1.85 bits per heavy atom. The first-order valence-corrected chi connectivity index (χ1v) is 10.00. The first-order chi connectivity index (χ1) is 13.0. The number of likely N-dealkylation sites (tertiary alicyclic amines) is 1. The average Bonchev–Trinajstić information content (AvgIpc) is 2.99. The zero-order valence-electron chi connectivity index (χ0n) is 16.8. The fourth-order valence-corrected chi connectivity index (χ4v) is 3.63. The molecule has 1 saturated heterocycles. The summed E-state index contributed by atoms with van der Waals surface area (Å²) in [4.78, 5) is 14.7. The second-order valence-electron chi connectivity index (χ2n) is 7.85. The van der Waals surface area contributed by atoms with Gasteiger partial charge in [-0.05, 0) is 63.2 Å². The molecule has 0 aliphatic carbocycles. The number of amides is 1. The molecule has 3 rings (SSSR count). The highest BCUT2D eigenvalue weighted by Crippen LogP contribution is 2.18. The summed E-state index contributed by atoms with van der Waals surface area (Å²) in [5, 5.41) is 6.94. The molecule has 0 radical (unpaired) electrons. The average molecular weight is 370 g/mol. The van der Waals surface area contributed by atoms with Gasteiger partial charge in [-0.1, -0.05) is 36.3 Å². The fraction of sp³-hybridized carbons (Fsp3) is 0.545. The SMILES string of the molecule is Cc1noc(C)c1CCC(=O)NCc1ccc(CN2CCC(C)CC2)cc1. The Labute approximate surface area is 162 Å². The molecule has 5 heteroatoms. The van der Waals surface area contributed by atoms with E-state index in [0.717, 1.165) is 35.0 Å². The number of hydrogen-bond donors (Lipinski definition) is 1. The standard InChI is InChI=1S/C22H31N3O2/c1-16-10-12-25(13-11-16)15-20-6-4-19(5-7-20)14-23-22(26)9-8-21-17(2)24-27-18(21)3/h4-7,16H,8-15H2,1-3H3,(H,23,26). The molecule has 1 N–H and O–H groups in total. The van der Waals surface area contributed by atoms with Crippen molar-refractivity contribution in [1.29, 1.82) is 0 Å². The molecule has 5 nitrogen and oxygen atoms in total. The van der Waals surface area contributed by atoms with Crippen molar-refractivity contribution in [3.63, 3.8) is 0 Å². The summed E-state index contributed by atoms with van der Waals surface area (Å²) < 4.78 is 5.14. The van der Waals surface area contributed by atoms with Crippen LogP contribution in [0.15, 0.2) is 28.8 Å². The smallest absolute Gasteiger partial charge is 0.220 e. The van der Waals surface area contributed by atoms with Crippen molar-refractivity contribution in [3.05, 3.63) is 52.4 Å². The van der Waals surface area contributed by atoms with Crippen molar-refractivity contribution in [1.82, 2.24) is 15.4 Å². The minimum Gasteiger partial charge on any atom is -0.361 e. The van der Waals surface area contributed by atoms with E-state index in [1.54, 1.807) is 0 Å². The first-order valence-electron chi connectivity index (χ1n) is 10.00. The lowest BCUT2D eigenvalue weighted by atomic mass is 9.99. The van der Waals surface area contributed by atoms with Gasteiger partial charge in [-0.3, -0.25) is 9.69 Å². The van der Waals surface area contributed by atoms with E-state index in [9.17, 15) is 4.79 Å². The molecule has 0 saturated carbocycles. The van der Waals surface area contributed by atoms with Crippen molar-refractivity contribution in [3.8, 4) is 0 Å². The Kier molecular flexibility index (Phi) is 6.67. The van der Waals surface area contributed by atoms with Crippen LogP contribution in [-0.2, 0) is 24.3 Å². The molecule has 1 aromatic heterocycles. The Morgan fingerprint density at radius 3 is 2.48 bits per heavy atom. The van der Waals surface area contributed by atoms with Gasteiger partial charge in [0.25, 0.3) is 0 Å². The van der Waals surface area contributed by atoms with Gasteiger partial charge in [0, 0.05) is 25.1 Å². The molecule has 0 spiro atoms. The first kappa shape index (κ1) is 19.6. The third-order valence-corrected chi connectivity index (χ3v) is 5.58. The van der Waals surface area contributed by atoms with Crippen LogP contribution in [0.3, 0.4) is 0 Å². The van der Waals surface area contributed by atoms with E-state index in [1.165, 1.54) is 31.5 Å². The third kappa shape index (κ3) is 5.67. The van der Waals surface area contributed by atoms with Crippen molar-refractivity contribution in [2.24, 2.45) is 5.92 Å². The molecule has 1 aliphatic rings. The number of carbonyl (C=O) groups is 1. The van der Waals surface area contributed by atoms with Gasteiger partial charge in [-0.2, -0.15) is 0 Å². The number of nitrogens with zero attached hydrogens (tertiary/aromatic N) is 2. The second-order valence-corrected chi connectivity index (χ2v) is 7.85. The zero-order chi connectivity index (χ0) is 19.2. The highest BCUT2D eigenvalue weighted by Gasteiger charge is 2.15. The van der Waals surface area contributed by atoms with Gasteiger partial charge in [0.15, 0.2) is 0 Å². The van der Waals surface area contributed by atoms with Gasteiger partial charge in [-0.25, -0.2) is 0 Å². The monoisotopic (exact) mass is 369 g/mol. The Balaban J connectivity index is 1.41. The van der Waals surface area contributed by atoms with Gasteiger partial charge in [0.1, 0.15) is 5.76 Å². The molecule has 1 aliphatic heterocycles. The lowest BCUT2D eigenvalue weighted by molar-refractivity contribution is -0.121. The molecule has 2 heterocycles. The van der Waals surface area contributed by atoms with Gasteiger partial charge in [0.2, 0.25) is 5.91 Å². The number of rotatable bonds is 7. The summed E-state index contributed by atoms with van der Waals surface area (Å²) in [6.45, 7) is 10.1. The summed E-state index contributed by atoms with van der Waals surface area (Å²) in [6.07, 6.45) is 3.73. The van der Waals surface area contributed by atoms with Crippen molar-refractivity contribution < 1.29 is 9.32 Å². The molecule has 0 unspecified atom stereocenters. The Morgan fingerprint density at radius 1 is 1.19 bits per heavy atom. The molecular weight excluding hydrogens is 338 g/mol. The van der Waals surface area contributed by atoms with E-state index < -0.39 is 0 Å². The van der Waals surface area contributed by atoms with Crippen LogP contribution in [0.2, 0.25) is 0 Å². The van der Waals surface area contributed by atoms with Gasteiger partial charge in [-0.15, -0.1) is 0 Å². The third-order valence-electron chi connectivity index (χ3n) is 5.58.